The van der Waals surface area contributed by atoms with Crippen LogP contribution >= 0.6 is 0 Å². The van der Waals surface area contributed by atoms with Gasteiger partial charge in [-0.1, -0.05) is 0 Å². The monoisotopic (exact) mass is 373 g/mol. The molecule has 140 valence electrons. The molecule has 3 heterocycles. The molecule has 2 saturated carbocycles. The molecule has 2 fully saturated rings. The largest absolute Gasteiger partial charge is 0.552 e. The number of nitrogens with one attached hydrogen (secondary N) is 2. The third-order valence-corrected chi connectivity index (χ3v) is 5.80. The summed E-state index contributed by atoms with van der Waals surface area (Å²) in [5.41, 5.74) is 2.64. The summed E-state index contributed by atoms with van der Waals surface area (Å²) in [5, 5.41) is 13.8. The summed E-state index contributed by atoms with van der Waals surface area (Å²) in [6.45, 7) is 0. The van der Waals surface area contributed by atoms with Gasteiger partial charge in [0.2, 0.25) is 11.8 Å². The van der Waals surface area contributed by atoms with E-state index in [4.69, 9.17) is 4.65 Å². The highest BCUT2D eigenvalue weighted by Crippen LogP contribution is 2.47. The molecular weight excluding hydrogens is 355 g/mol. The quantitative estimate of drug-likeness (QED) is 0.721. The van der Waals surface area contributed by atoms with Crippen LogP contribution in [0.4, 0.5) is 8.78 Å². The van der Waals surface area contributed by atoms with E-state index in [0.717, 1.165) is 22.2 Å². The lowest BCUT2D eigenvalue weighted by molar-refractivity contribution is -0.151. The predicted octanol–water partition coefficient (Wildman–Crippen LogP) is 2.30. The average Bonchev–Trinajstić information content (AvgIpc) is 3.03. The second-order valence-corrected chi connectivity index (χ2v) is 7.70. The third-order valence-electron chi connectivity index (χ3n) is 5.80. The number of hydrogen-bond donors (Lipinski definition) is 3. The van der Waals surface area contributed by atoms with E-state index < -0.39 is 19.0 Å². The van der Waals surface area contributed by atoms with Gasteiger partial charge in [0.05, 0.1) is 6.20 Å². The van der Waals surface area contributed by atoms with Gasteiger partial charge in [-0.2, -0.15) is 0 Å². The number of nitrogens with zero attached hydrogens (tertiary/aromatic N) is 1. The fraction of sp³-hybridized carbons (Fsp3) is 0.444. The van der Waals surface area contributed by atoms with Crippen molar-refractivity contribution in [1.82, 2.24) is 15.3 Å². The number of allylic oxidation sites excluding steroid dienone is 1. The summed E-state index contributed by atoms with van der Waals surface area (Å²) in [4.78, 5) is 19.4. The van der Waals surface area contributed by atoms with Gasteiger partial charge in [-0.05, 0) is 36.4 Å². The number of halogens is 2. The maximum atomic E-state index is 12.9. The summed E-state index contributed by atoms with van der Waals surface area (Å²) in [6, 6.07) is 1.90. The maximum absolute atomic E-state index is 12.9. The molecule has 3 N–H and O–H groups in total. The van der Waals surface area contributed by atoms with E-state index in [1.807, 2.05) is 6.07 Å². The summed E-state index contributed by atoms with van der Waals surface area (Å²) < 4.78 is 31.4. The fourth-order valence-corrected chi connectivity index (χ4v) is 4.27. The lowest BCUT2D eigenvalue weighted by atomic mass is 9.68. The van der Waals surface area contributed by atoms with Crippen LogP contribution < -0.4 is 9.97 Å². The van der Waals surface area contributed by atoms with Gasteiger partial charge in [-0.25, -0.2) is 13.8 Å². The van der Waals surface area contributed by atoms with Crippen molar-refractivity contribution in [3.05, 3.63) is 30.0 Å². The molecule has 0 unspecified atom stereocenters. The van der Waals surface area contributed by atoms with Gasteiger partial charge < -0.3 is 20.0 Å². The Morgan fingerprint density at radius 3 is 2.93 bits per heavy atom. The zero-order chi connectivity index (χ0) is 18.8. The number of aromatic amines is 1. The smallest absolute Gasteiger partial charge is 0.531 e. The first-order chi connectivity index (χ1) is 12.9. The van der Waals surface area contributed by atoms with E-state index in [1.165, 1.54) is 0 Å². The van der Waals surface area contributed by atoms with Crippen molar-refractivity contribution < 1.29 is 23.3 Å². The molecule has 5 rings (SSSR count). The van der Waals surface area contributed by atoms with Crippen LogP contribution in [0.15, 0.2) is 24.4 Å². The minimum Gasteiger partial charge on any atom is -0.531 e. The molecule has 2 aromatic rings. The summed E-state index contributed by atoms with van der Waals surface area (Å²) >= 11 is 0. The molecular formula is C18H18BF2N3O3. The number of carbonyl (C=O) groups is 1. The summed E-state index contributed by atoms with van der Waals surface area (Å²) in [7, 11) is -1.03. The number of hydrogen-bond acceptors (Lipinski definition) is 4. The average molecular weight is 373 g/mol. The molecule has 2 aliphatic carbocycles. The van der Waals surface area contributed by atoms with Crippen LogP contribution in [-0.2, 0) is 4.79 Å². The topological polar surface area (TPSA) is 87.2 Å². The van der Waals surface area contributed by atoms with Gasteiger partial charge in [0.25, 0.3) is 0 Å². The van der Waals surface area contributed by atoms with E-state index in [1.54, 1.807) is 18.4 Å². The predicted molar refractivity (Wildman–Crippen MR) is 95.0 cm³/mol. The van der Waals surface area contributed by atoms with Crippen LogP contribution in [0.3, 0.4) is 0 Å². The minimum atomic E-state index is -2.69. The van der Waals surface area contributed by atoms with Crippen molar-refractivity contribution in [2.75, 3.05) is 0 Å². The number of H-pyrrole nitrogens is 1. The van der Waals surface area contributed by atoms with Crippen molar-refractivity contribution in [3.8, 4) is 5.75 Å². The number of amides is 1. The molecule has 0 radical (unpaired) electrons. The Hall–Kier alpha value is -2.42. The Morgan fingerprint density at radius 1 is 1.41 bits per heavy atom. The SMILES string of the molecule is O=C(N[C@H]1C[C@@H](C2=CB(O)Oc3cnc4[nH]ccc4c32)C1)C1CC(F)(F)C1. The standard InChI is InChI=1S/C18H18BF2N3O3/c20-18(21)5-10(6-18)17(25)24-11-3-9(4-11)13-7-19(26)27-14-8-23-16-12(15(13)14)1-2-22-16/h1-2,7-11,26H,3-6H2,(H,22,23)(H,24,25)/t9-,11+. The lowest BCUT2D eigenvalue weighted by Gasteiger charge is -2.41. The zero-order valence-electron chi connectivity index (χ0n) is 14.4. The molecule has 9 heteroatoms. The molecule has 0 saturated heterocycles. The van der Waals surface area contributed by atoms with Gasteiger partial charge in [0.15, 0.2) is 0 Å². The van der Waals surface area contributed by atoms with E-state index in [-0.39, 0.29) is 30.7 Å². The molecule has 1 amide bonds. The molecule has 1 aliphatic heterocycles. The molecule has 0 aromatic carbocycles. The van der Waals surface area contributed by atoms with Crippen molar-refractivity contribution >= 4 is 29.6 Å². The molecule has 0 atom stereocenters. The fourth-order valence-electron chi connectivity index (χ4n) is 4.27. The van der Waals surface area contributed by atoms with Crippen LogP contribution in [0.1, 0.15) is 31.2 Å². The Bertz CT molecular complexity index is 946. The second kappa shape index (κ2) is 5.79. The first-order valence-corrected chi connectivity index (χ1v) is 9.11. The molecule has 0 spiro atoms. The van der Waals surface area contributed by atoms with Crippen LogP contribution in [0.25, 0.3) is 16.6 Å². The van der Waals surface area contributed by atoms with Crippen molar-refractivity contribution in [3.63, 3.8) is 0 Å². The van der Waals surface area contributed by atoms with Gasteiger partial charge in [0, 0.05) is 41.9 Å². The zero-order valence-corrected chi connectivity index (χ0v) is 14.4. The van der Waals surface area contributed by atoms with Crippen LogP contribution in [0.5, 0.6) is 5.75 Å². The van der Waals surface area contributed by atoms with E-state index in [0.29, 0.717) is 18.6 Å². The lowest BCUT2D eigenvalue weighted by Crippen LogP contribution is -2.51. The Labute approximate surface area is 154 Å². The third kappa shape index (κ3) is 2.81. The number of pyridine rings is 1. The first-order valence-electron chi connectivity index (χ1n) is 9.11. The normalized spacial score (nSPS) is 26.5. The van der Waals surface area contributed by atoms with E-state index in [2.05, 4.69) is 15.3 Å². The van der Waals surface area contributed by atoms with Crippen molar-refractivity contribution in [2.24, 2.45) is 11.8 Å². The van der Waals surface area contributed by atoms with Crippen LogP contribution in [0.2, 0.25) is 0 Å². The van der Waals surface area contributed by atoms with Gasteiger partial charge in [0.1, 0.15) is 11.4 Å². The summed E-state index contributed by atoms with van der Waals surface area (Å²) in [5.74, 6) is -1.14. The van der Waals surface area contributed by atoms with Gasteiger partial charge >= 0.3 is 7.12 Å². The van der Waals surface area contributed by atoms with Crippen molar-refractivity contribution in [2.45, 2.75) is 37.6 Å². The highest BCUT2D eigenvalue weighted by atomic mass is 19.3. The second-order valence-electron chi connectivity index (χ2n) is 7.70. The van der Waals surface area contributed by atoms with Gasteiger partial charge in [-0.15, -0.1) is 0 Å². The number of aromatic nitrogens is 2. The van der Waals surface area contributed by atoms with E-state index in [9.17, 15) is 18.6 Å². The number of rotatable bonds is 3. The Morgan fingerprint density at radius 2 is 2.19 bits per heavy atom. The Kier molecular flexibility index (Phi) is 3.59. The maximum Gasteiger partial charge on any atom is 0.552 e. The number of carbonyl (C=O) groups excluding carboxylic acids is 1. The minimum absolute atomic E-state index is 0.0235. The molecule has 2 aromatic heterocycles. The molecule has 3 aliphatic rings. The van der Waals surface area contributed by atoms with Crippen molar-refractivity contribution in [1.29, 1.82) is 0 Å². The van der Waals surface area contributed by atoms with E-state index >= 15 is 0 Å². The summed E-state index contributed by atoms with van der Waals surface area (Å²) in [6.07, 6.45) is 4.12. The van der Waals surface area contributed by atoms with Crippen LogP contribution in [0, 0.1) is 11.8 Å². The first kappa shape index (κ1) is 16.7. The number of fused-ring (bicyclic) bond motifs is 3. The molecule has 27 heavy (non-hydrogen) atoms. The number of alkyl halides is 2. The molecule has 6 nitrogen and oxygen atoms in total. The van der Waals surface area contributed by atoms with Gasteiger partial charge in [-0.3, -0.25) is 4.79 Å². The van der Waals surface area contributed by atoms with Crippen LogP contribution in [-0.4, -0.2) is 40.0 Å². The highest BCUT2D eigenvalue weighted by molar-refractivity contribution is 6.52. The highest BCUT2D eigenvalue weighted by Gasteiger charge is 2.49. The Balaban J connectivity index is 1.30. The molecule has 0 bridgehead atoms.